The zero-order chi connectivity index (χ0) is 19.9. The minimum Gasteiger partial charge on any atom is -0.493 e. The predicted octanol–water partition coefficient (Wildman–Crippen LogP) is 6.86. The molecule has 3 aromatic rings. The van der Waals surface area contributed by atoms with Gasteiger partial charge in [-0.25, -0.2) is 0 Å². The van der Waals surface area contributed by atoms with Crippen molar-refractivity contribution in [2.24, 2.45) is 0 Å². The summed E-state index contributed by atoms with van der Waals surface area (Å²) in [6.45, 7) is 3.29. The van der Waals surface area contributed by atoms with Crippen molar-refractivity contribution in [1.82, 2.24) is 0 Å². The summed E-state index contributed by atoms with van der Waals surface area (Å²) in [5, 5.41) is 4.16. The number of benzene rings is 3. The average Bonchev–Trinajstić information content (AvgIpc) is 2.72. The van der Waals surface area contributed by atoms with Crippen LogP contribution in [-0.4, -0.2) is 7.11 Å². The summed E-state index contributed by atoms with van der Waals surface area (Å²) < 4.78 is 12.4. The maximum atomic E-state index is 5.99. The minimum absolute atomic E-state index is 0.438. The lowest BCUT2D eigenvalue weighted by Crippen LogP contribution is -2.03. The molecule has 0 aromatic heterocycles. The van der Waals surface area contributed by atoms with Crippen molar-refractivity contribution >= 4 is 33.2 Å². The van der Waals surface area contributed by atoms with Crippen molar-refractivity contribution in [1.29, 1.82) is 0 Å². The van der Waals surface area contributed by atoms with Gasteiger partial charge in [0, 0.05) is 17.3 Å². The lowest BCUT2D eigenvalue weighted by atomic mass is 10.1. The average molecular weight is 461 g/mol. The number of hydrogen-bond donors (Lipinski definition) is 1. The van der Waals surface area contributed by atoms with Crippen LogP contribution in [0.4, 0.5) is 5.69 Å². The van der Waals surface area contributed by atoms with E-state index in [-0.39, 0.29) is 0 Å². The van der Waals surface area contributed by atoms with Gasteiger partial charge in [-0.3, -0.25) is 0 Å². The van der Waals surface area contributed by atoms with E-state index in [0.29, 0.717) is 29.7 Å². The Balaban J connectivity index is 1.68. The Morgan fingerprint density at radius 2 is 1.61 bits per heavy atom. The second-order valence-corrected chi connectivity index (χ2v) is 7.72. The van der Waals surface area contributed by atoms with E-state index >= 15 is 0 Å². The highest BCUT2D eigenvalue weighted by Crippen LogP contribution is 2.37. The van der Waals surface area contributed by atoms with Crippen LogP contribution in [0.5, 0.6) is 11.5 Å². The van der Waals surface area contributed by atoms with Gasteiger partial charge >= 0.3 is 0 Å². The summed E-state index contributed by atoms with van der Waals surface area (Å²) in [6.07, 6.45) is 1.04. The molecule has 0 radical (unpaired) electrons. The number of ether oxygens (including phenoxy) is 2. The molecule has 3 rings (SSSR count). The number of methoxy groups -OCH3 is 1. The highest BCUT2D eigenvalue weighted by Gasteiger charge is 2.12. The Kier molecular flexibility index (Phi) is 7.24. The second kappa shape index (κ2) is 9.85. The fourth-order valence-corrected chi connectivity index (χ4v) is 3.54. The molecule has 0 saturated carbocycles. The van der Waals surface area contributed by atoms with E-state index in [4.69, 9.17) is 21.1 Å². The van der Waals surface area contributed by atoms with Gasteiger partial charge in [-0.15, -0.1) is 0 Å². The maximum Gasteiger partial charge on any atom is 0.175 e. The lowest BCUT2D eigenvalue weighted by Gasteiger charge is -2.15. The van der Waals surface area contributed by atoms with Crippen molar-refractivity contribution in [2.45, 2.75) is 26.5 Å². The number of aryl methyl sites for hydroxylation is 1. The first-order valence-corrected chi connectivity index (χ1v) is 10.3. The molecule has 0 atom stereocenters. The Bertz CT molecular complexity index is 911. The van der Waals surface area contributed by atoms with Crippen molar-refractivity contribution in [3.05, 3.63) is 86.8 Å². The minimum atomic E-state index is 0.438. The molecule has 0 unspecified atom stereocenters. The van der Waals surface area contributed by atoms with E-state index in [1.165, 1.54) is 5.56 Å². The molecule has 0 heterocycles. The van der Waals surface area contributed by atoms with Gasteiger partial charge < -0.3 is 14.8 Å². The number of hydrogen-bond acceptors (Lipinski definition) is 3. The molecular weight excluding hydrogens is 438 g/mol. The SMILES string of the molecule is CCc1ccc(NCc2cc(Br)c(OCc3ccc(Cl)cc3)c(OC)c2)cc1. The standard InChI is InChI=1S/C23H23BrClNO2/c1-3-16-6-10-20(11-7-16)26-14-18-12-21(24)23(22(13-18)27-2)28-15-17-4-8-19(25)9-5-17/h4-13,26H,3,14-15H2,1-2H3. The monoisotopic (exact) mass is 459 g/mol. The number of nitrogens with one attached hydrogen (secondary N) is 1. The molecule has 0 spiro atoms. The number of rotatable bonds is 8. The van der Waals surface area contributed by atoms with Crippen LogP contribution in [0.25, 0.3) is 0 Å². The molecule has 0 aliphatic heterocycles. The third kappa shape index (κ3) is 5.43. The molecule has 146 valence electrons. The number of anilines is 1. The molecule has 0 fully saturated rings. The van der Waals surface area contributed by atoms with E-state index < -0.39 is 0 Å². The zero-order valence-corrected chi connectivity index (χ0v) is 18.3. The normalized spacial score (nSPS) is 10.6. The van der Waals surface area contributed by atoms with E-state index in [1.807, 2.05) is 36.4 Å². The fourth-order valence-electron chi connectivity index (χ4n) is 2.81. The quantitative estimate of drug-likeness (QED) is 0.398. The molecule has 5 heteroatoms. The first-order chi connectivity index (χ1) is 13.6. The smallest absolute Gasteiger partial charge is 0.175 e. The molecule has 0 aliphatic carbocycles. The van der Waals surface area contributed by atoms with E-state index in [1.54, 1.807) is 7.11 Å². The van der Waals surface area contributed by atoms with Crippen molar-refractivity contribution in [3.8, 4) is 11.5 Å². The maximum absolute atomic E-state index is 5.99. The molecule has 28 heavy (non-hydrogen) atoms. The molecule has 3 nitrogen and oxygen atoms in total. The van der Waals surface area contributed by atoms with Crippen LogP contribution in [0.3, 0.4) is 0 Å². The molecule has 1 N–H and O–H groups in total. The Hall–Kier alpha value is -2.17. The van der Waals surface area contributed by atoms with Crippen LogP contribution in [0, 0.1) is 0 Å². The summed E-state index contributed by atoms with van der Waals surface area (Å²) in [5.74, 6) is 1.38. The molecule has 0 aliphatic rings. The van der Waals surface area contributed by atoms with Gasteiger partial charge in [0.2, 0.25) is 0 Å². The molecule has 0 saturated heterocycles. The summed E-state index contributed by atoms with van der Waals surface area (Å²) in [6, 6.07) is 20.2. The Morgan fingerprint density at radius 3 is 2.25 bits per heavy atom. The van der Waals surface area contributed by atoms with Gasteiger partial charge in [0.1, 0.15) is 6.61 Å². The summed E-state index contributed by atoms with van der Waals surface area (Å²) >= 11 is 9.55. The van der Waals surface area contributed by atoms with Gasteiger partial charge in [-0.2, -0.15) is 0 Å². The topological polar surface area (TPSA) is 30.5 Å². The summed E-state index contributed by atoms with van der Waals surface area (Å²) in [4.78, 5) is 0. The van der Waals surface area contributed by atoms with Crippen LogP contribution < -0.4 is 14.8 Å². The Labute approximate surface area is 179 Å². The van der Waals surface area contributed by atoms with Crippen molar-refractivity contribution in [3.63, 3.8) is 0 Å². The highest BCUT2D eigenvalue weighted by atomic mass is 79.9. The highest BCUT2D eigenvalue weighted by molar-refractivity contribution is 9.10. The van der Waals surface area contributed by atoms with Crippen LogP contribution in [0.1, 0.15) is 23.6 Å². The van der Waals surface area contributed by atoms with Crippen molar-refractivity contribution < 1.29 is 9.47 Å². The van der Waals surface area contributed by atoms with Crippen LogP contribution in [-0.2, 0) is 19.6 Å². The first kappa shape index (κ1) is 20.6. The van der Waals surface area contributed by atoms with Gasteiger partial charge in [-0.1, -0.05) is 42.8 Å². The number of halogens is 2. The van der Waals surface area contributed by atoms with E-state index in [9.17, 15) is 0 Å². The molecule has 0 amide bonds. The van der Waals surface area contributed by atoms with Gasteiger partial charge in [0.25, 0.3) is 0 Å². The van der Waals surface area contributed by atoms with E-state index in [2.05, 4.69) is 52.4 Å². The third-order valence-electron chi connectivity index (χ3n) is 4.44. The lowest BCUT2D eigenvalue weighted by molar-refractivity contribution is 0.282. The molecular formula is C23H23BrClNO2. The second-order valence-electron chi connectivity index (χ2n) is 6.43. The largest absolute Gasteiger partial charge is 0.493 e. The fraction of sp³-hybridized carbons (Fsp3) is 0.217. The zero-order valence-electron chi connectivity index (χ0n) is 16.0. The molecule has 0 bridgehead atoms. The predicted molar refractivity (Wildman–Crippen MR) is 120 cm³/mol. The first-order valence-electron chi connectivity index (χ1n) is 9.15. The third-order valence-corrected chi connectivity index (χ3v) is 5.29. The van der Waals surface area contributed by atoms with Gasteiger partial charge in [0.15, 0.2) is 11.5 Å². The van der Waals surface area contributed by atoms with Crippen molar-refractivity contribution in [2.75, 3.05) is 12.4 Å². The molecule has 3 aromatic carbocycles. The summed E-state index contributed by atoms with van der Waals surface area (Å²) in [5.41, 5.74) is 4.56. The van der Waals surface area contributed by atoms with E-state index in [0.717, 1.165) is 27.7 Å². The van der Waals surface area contributed by atoms with Crippen LogP contribution >= 0.6 is 27.5 Å². The Morgan fingerprint density at radius 1 is 0.929 bits per heavy atom. The van der Waals surface area contributed by atoms with Gasteiger partial charge in [0.05, 0.1) is 11.6 Å². The van der Waals surface area contributed by atoms with Gasteiger partial charge in [-0.05, 0) is 75.4 Å². The van der Waals surface area contributed by atoms with Crippen LogP contribution in [0.15, 0.2) is 65.1 Å². The summed E-state index contributed by atoms with van der Waals surface area (Å²) in [7, 11) is 1.65. The van der Waals surface area contributed by atoms with Crippen LogP contribution in [0.2, 0.25) is 5.02 Å².